The molecule has 142 valence electrons. The highest BCUT2D eigenvalue weighted by Crippen LogP contribution is 2.32. The summed E-state index contributed by atoms with van der Waals surface area (Å²) in [5, 5.41) is 7.13. The molecule has 1 aromatic heterocycles. The predicted molar refractivity (Wildman–Crippen MR) is 109 cm³/mol. The Morgan fingerprint density at radius 3 is 2.15 bits per heavy atom. The molecule has 0 saturated heterocycles. The highest BCUT2D eigenvalue weighted by molar-refractivity contribution is 7.92. The van der Waals surface area contributed by atoms with Gasteiger partial charge in [-0.05, 0) is 43.9 Å². The lowest BCUT2D eigenvalue weighted by molar-refractivity contribution is 0.262. The minimum atomic E-state index is -3.36. The number of thiophene rings is 1. The van der Waals surface area contributed by atoms with Gasteiger partial charge in [-0.15, -0.1) is 11.3 Å². The van der Waals surface area contributed by atoms with E-state index in [-0.39, 0.29) is 10.3 Å². The molecule has 0 aliphatic carbocycles. The molecule has 2 rings (SSSR count). The molecule has 2 amide bonds. The van der Waals surface area contributed by atoms with Crippen molar-refractivity contribution in [3.05, 3.63) is 40.8 Å². The molecule has 0 spiro atoms. The molecule has 0 radical (unpaired) electrons. The number of nitrogens with one attached hydrogen (secondary N) is 2. The minimum Gasteiger partial charge on any atom is -0.308 e. The number of hydrogen-bond acceptors (Lipinski definition) is 4. The van der Waals surface area contributed by atoms with E-state index in [1.807, 2.05) is 24.3 Å². The maximum Gasteiger partial charge on any atom is 0.324 e. The van der Waals surface area contributed by atoms with Gasteiger partial charge in [0.25, 0.3) is 0 Å². The summed E-state index contributed by atoms with van der Waals surface area (Å²) in [6.45, 7) is 11.4. The molecule has 1 heterocycles. The normalized spacial score (nSPS) is 12.3. The summed E-state index contributed by atoms with van der Waals surface area (Å²) >= 11 is 1.21. The Kier molecular flexibility index (Phi) is 5.82. The van der Waals surface area contributed by atoms with Gasteiger partial charge in [0.1, 0.15) is 5.00 Å². The summed E-state index contributed by atoms with van der Waals surface area (Å²) in [7, 11) is -3.36. The number of benzene rings is 1. The number of amides is 2. The van der Waals surface area contributed by atoms with Crippen molar-refractivity contribution in [1.82, 2.24) is 0 Å². The minimum absolute atomic E-state index is 0.0488. The molecule has 0 aliphatic heterocycles. The molecule has 1 aromatic carbocycles. The van der Waals surface area contributed by atoms with Gasteiger partial charge in [0.2, 0.25) is 0 Å². The highest BCUT2D eigenvalue weighted by Gasteiger charge is 2.24. The highest BCUT2D eigenvalue weighted by atomic mass is 32.2. The van der Waals surface area contributed by atoms with Gasteiger partial charge in [-0.1, -0.05) is 32.9 Å². The number of carbonyl (C=O) groups excluding carboxylic acids is 1. The number of anilines is 2. The summed E-state index contributed by atoms with van der Waals surface area (Å²) in [5.74, 6) is 0. The van der Waals surface area contributed by atoms with Gasteiger partial charge >= 0.3 is 6.03 Å². The Balaban J connectivity index is 2.11. The van der Waals surface area contributed by atoms with Crippen LogP contribution in [0.4, 0.5) is 15.5 Å². The summed E-state index contributed by atoms with van der Waals surface area (Å²) in [6.07, 6.45) is 0. The van der Waals surface area contributed by atoms with Crippen molar-refractivity contribution in [3.8, 4) is 0 Å². The van der Waals surface area contributed by atoms with Gasteiger partial charge in [-0.2, -0.15) is 0 Å². The number of sulfone groups is 1. The first kappa shape index (κ1) is 20.5. The second-order valence-electron chi connectivity index (χ2n) is 7.55. The van der Waals surface area contributed by atoms with Crippen LogP contribution in [0.2, 0.25) is 0 Å². The van der Waals surface area contributed by atoms with Crippen LogP contribution in [-0.2, 0) is 15.3 Å². The number of urea groups is 1. The lowest BCUT2D eigenvalue weighted by Gasteiger charge is -2.19. The third-order valence-electron chi connectivity index (χ3n) is 4.16. The lowest BCUT2D eigenvalue weighted by atomic mass is 9.87. The van der Waals surface area contributed by atoms with Crippen molar-refractivity contribution >= 4 is 37.9 Å². The van der Waals surface area contributed by atoms with Crippen LogP contribution in [0.5, 0.6) is 0 Å². The fourth-order valence-corrected chi connectivity index (χ4v) is 5.00. The zero-order chi connectivity index (χ0) is 19.7. The van der Waals surface area contributed by atoms with E-state index in [1.54, 1.807) is 26.2 Å². The van der Waals surface area contributed by atoms with E-state index >= 15 is 0 Å². The predicted octanol–water partition coefficient (Wildman–Crippen LogP) is 5.18. The van der Waals surface area contributed by atoms with Crippen LogP contribution in [0.1, 0.15) is 45.7 Å². The molecular weight excluding hydrogens is 368 g/mol. The number of carbonyl (C=O) groups is 1. The fourth-order valence-electron chi connectivity index (χ4n) is 2.38. The molecule has 0 saturated carbocycles. The van der Waals surface area contributed by atoms with E-state index in [2.05, 4.69) is 31.4 Å². The molecule has 2 N–H and O–H groups in total. The van der Waals surface area contributed by atoms with Gasteiger partial charge in [0, 0.05) is 16.6 Å². The molecular formula is C19H26N2O3S2. The van der Waals surface area contributed by atoms with Crippen molar-refractivity contribution in [2.75, 3.05) is 10.6 Å². The maximum absolute atomic E-state index is 12.3. The lowest BCUT2D eigenvalue weighted by Crippen LogP contribution is -2.20. The Hall–Kier alpha value is -1.86. The van der Waals surface area contributed by atoms with Gasteiger partial charge in [-0.25, -0.2) is 13.2 Å². The van der Waals surface area contributed by atoms with E-state index in [1.165, 1.54) is 16.9 Å². The van der Waals surface area contributed by atoms with E-state index in [0.717, 1.165) is 0 Å². The van der Waals surface area contributed by atoms with Crippen molar-refractivity contribution < 1.29 is 13.2 Å². The summed E-state index contributed by atoms with van der Waals surface area (Å²) < 4.78 is 24.7. The van der Waals surface area contributed by atoms with E-state index in [4.69, 9.17) is 0 Å². The van der Waals surface area contributed by atoms with E-state index in [0.29, 0.717) is 16.3 Å². The van der Waals surface area contributed by atoms with Crippen LogP contribution in [0.15, 0.2) is 34.5 Å². The molecule has 0 fully saturated rings. The van der Waals surface area contributed by atoms with E-state index < -0.39 is 21.1 Å². The smallest absolute Gasteiger partial charge is 0.308 e. The van der Waals surface area contributed by atoms with Gasteiger partial charge in [-0.3, -0.25) is 5.32 Å². The largest absolute Gasteiger partial charge is 0.324 e. The molecule has 2 aromatic rings. The monoisotopic (exact) mass is 394 g/mol. The average Bonchev–Trinajstić information content (AvgIpc) is 2.88. The molecule has 0 bridgehead atoms. The summed E-state index contributed by atoms with van der Waals surface area (Å²) in [6, 6.07) is 7.29. The summed E-state index contributed by atoms with van der Waals surface area (Å²) in [4.78, 5) is 12.5. The SMILES string of the molecule is Cc1c(S(=O)(=O)C(C)C)csc1NC(=O)Nc1ccc(C(C)(C)C)cc1. The van der Waals surface area contributed by atoms with Gasteiger partial charge in [0.05, 0.1) is 10.1 Å². The molecule has 7 heteroatoms. The van der Waals surface area contributed by atoms with Gasteiger partial charge in [0.15, 0.2) is 9.84 Å². The quantitative estimate of drug-likeness (QED) is 0.750. The standard InChI is InChI=1S/C19H26N2O3S2/c1-12(2)26(23,24)16-11-25-17(13(16)3)21-18(22)20-15-9-7-14(8-10-15)19(4,5)6/h7-12H,1-6H3,(H2,20,21,22). The molecule has 0 atom stereocenters. The van der Waals surface area contributed by atoms with E-state index in [9.17, 15) is 13.2 Å². The van der Waals surface area contributed by atoms with Crippen LogP contribution < -0.4 is 10.6 Å². The van der Waals surface area contributed by atoms with Crippen molar-refractivity contribution in [2.24, 2.45) is 0 Å². The van der Waals surface area contributed by atoms with Crippen LogP contribution in [0, 0.1) is 6.92 Å². The van der Waals surface area contributed by atoms with Crippen LogP contribution in [0.25, 0.3) is 0 Å². The Morgan fingerprint density at radius 2 is 1.65 bits per heavy atom. The Morgan fingerprint density at radius 1 is 1.08 bits per heavy atom. The molecule has 0 unspecified atom stereocenters. The van der Waals surface area contributed by atoms with Crippen molar-refractivity contribution in [3.63, 3.8) is 0 Å². The second kappa shape index (κ2) is 7.40. The molecule has 5 nitrogen and oxygen atoms in total. The molecule has 0 aliphatic rings. The average molecular weight is 395 g/mol. The Bertz CT molecular complexity index is 890. The Labute approximate surface area is 159 Å². The zero-order valence-electron chi connectivity index (χ0n) is 16.0. The first-order chi connectivity index (χ1) is 11.9. The second-order valence-corrected chi connectivity index (χ2v) is 10.9. The van der Waals surface area contributed by atoms with Crippen LogP contribution in [-0.4, -0.2) is 19.7 Å². The topological polar surface area (TPSA) is 75.3 Å². The maximum atomic E-state index is 12.3. The number of rotatable bonds is 4. The first-order valence-corrected chi connectivity index (χ1v) is 10.9. The third kappa shape index (κ3) is 4.45. The van der Waals surface area contributed by atoms with Crippen molar-refractivity contribution in [2.45, 2.75) is 57.1 Å². The fraction of sp³-hybridized carbons (Fsp3) is 0.421. The van der Waals surface area contributed by atoms with Crippen LogP contribution in [0.3, 0.4) is 0 Å². The van der Waals surface area contributed by atoms with Crippen molar-refractivity contribution in [1.29, 1.82) is 0 Å². The number of hydrogen-bond donors (Lipinski definition) is 2. The zero-order valence-corrected chi connectivity index (χ0v) is 17.6. The van der Waals surface area contributed by atoms with Gasteiger partial charge < -0.3 is 5.32 Å². The first-order valence-electron chi connectivity index (χ1n) is 8.43. The molecule has 26 heavy (non-hydrogen) atoms. The summed E-state index contributed by atoms with van der Waals surface area (Å²) in [5.41, 5.74) is 2.48. The van der Waals surface area contributed by atoms with Crippen LogP contribution >= 0.6 is 11.3 Å². The third-order valence-corrected chi connectivity index (χ3v) is 7.58.